The van der Waals surface area contributed by atoms with Crippen LogP contribution in [0.25, 0.3) is 0 Å². The minimum Gasteiger partial charge on any atom is -0.390 e. The van der Waals surface area contributed by atoms with E-state index in [4.69, 9.17) is 4.74 Å². The van der Waals surface area contributed by atoms with Crippen molar-refractivity contribution in [2.75, 3.05) is 32.8 Å². The van der Waals surface area contributed by atoms with Gasteiger partial charge in [-0.15, -0.1) is 0 Å². The van der Waals surface area contributed by atoms with Gasteiger partial charge in [-0.1, -0.05) is 6.92 Å². The monoisotopic (exact) mass is 258 g/mol. The molecule has 1 aliphatic rings. The molecule has 1 fully saturated rings. The zero-order valence-electron chi connectivity index (χ0n) is 11.7. The van der Waals surface area contributed by atoms with Crippen LogP contribution in [0.3, 0.4) is 0 Å². The third-order valence-corrected chi connectivity index (χ3v) is 3.55. The fourth-order valence-electron chi connectivity index (χ4n) is 1.85. The number of carbonyl (C=O) groups is 1. The van der Waals surface area contributed by atoms with Gasteiger partial charge in [0.15, 0.2) is 0 Å². The van der Waals surface area contributed by atoms with E-state index in [1.807, 2.05) is 11.8 Å². The summed E-state index contributed by atoms with van der Waals surface area (Å²) in [5.41, 5.74) is -0.697. The molecule has 0 bridgehead atoms. The summed E-state index contributed by atoms with van der Waals surface area (Å²) in [5.74, 6) is 0.0487. The lowest BCUT2D eigenvalue weighted by Gasteiger charge is -2.30. The minimum absolute atomic E-state index is 0.0487. The summed E-state index contributed by atoms with van der Waals surface area (Å²) in [6.07, 6.45) is 0.829. The summed E-state index contributed by atoms with van der Waals surface area (Å²) in [5, 5.41) is 13.1. The smallest absolute Gasteiger partial charge is 0.251 e. The van der Waals surface area contributed by atoms with Crippen LogP contribution in [-0.4, -0.2) is 60.4 Å². The summed E-state index contributed by atoms with van der Waals surface area (Å²) in [6, 6.07) is 0. The third-order valence-electron chi connectivity index (χ3n) is 3.55. The van der Waals surface area contributed by atoms with Crippen molar-refractivity contribution in [1.29, 1.82) is 0 Å². The van der Waals surface area contributed by atoms with Crippen LogP contribution in [-0.2, 0) is 9.53 Å². The lowest BCUT2D eigenvalue weighted by molar-refractivity contribution is -0.144. The van der Waals surface area contributed by atoms with E-state index < -0.39 is 11.7 Å². The van der Waals surface area contributed by atoms with Crippen LogP contribution in [0.2, 0.25) is 0 Å². The molecule has 0 aliphatic carbocycles. The molecule has 1 heterocycles. The van der Waals surface area contributed by atoms with Gasteiger partial charge in [-0.25, -0.2) is 0 Å². The summed E-state index contributed by atoms with van der Waals surface area (Å²) in [6.45, 7) is 9.13. The zero-order valence-corrected chi connectivity index (χ0v) is 11.7. The first kappa shape index (κ1) is 15.4. The number of nitrogens with one attached hydrogen (secondary N) is 1. The number of hydrogen-bond acceptors (Lipinski definition) is 4. The van der Waals surface area contributed by atoms with Gasteiger partial charge in [0.2, 0.25) is 0 Å². The Hall–Kier alpha value is -0.650. The highest BCUT2D eigenvalue weighted by Crippen LogP contribution is 2.14. The number of ether oxygens (including phenoxy) is 1. The van der Waals surface area contributed by atoms with Gasteiger partial charge in [-0.3, -0.25) is 4.79 Å². The van der Waals surface area contributed by atoms with E-state index in [0.717, 1.165) is 26.2 Å². The second kappa shape index (κ2) is 7.07. The van der Waals surface area contributed by atoms with Crippen molar-refractivity contribution >= 4 is 5.91 Å². The standard InChI is InChI=1S/C13H26N2O3/c1-4-13(3,17)5-10-18-11(2)12(16)15-8-6-14-7-9-15/h11,14,17H,4-10H2,1-3H3. The minimum atomic E-state index is -0.697. The van der Waals surface area contributed by atoms with Gasteiger partial charge in [0.05, 0.1) is 12.2 Å². The summed E-state index contributed by atoms with van der Waals surface area (Å²) in [7, 11) is 0. The molecule has 0 aromatic rings. The van der Waals surface area contributed by atoms with Gasteiger partial charge >= 0.3 is 0 Å². The van der Waals surface area contributed by atoms with E-state index in [-0.39, 0.29) is 5.91 Å². The first-order chi connectivity index (χ1) is 8.46. The van der Waals surface area contributed by atoms with Crippen molar-refractivity contribution in [1.82, 2.24) is 10.2 Å². The Balaban J connectivity index is 2.27. The van der Waals surface area contributed by atoms with E-state index in [1.54, 1.807) is 13.8 Å². The quantitative estimate of drug-likeness (QED) is 0.723. The van der Waals surface area contributed by atoms with Crippen LogP contribution < -0.4 is 5.32 Å². The van der Waals surface area contributed by atoms with Crippen LogP contribution in [0.1, 0.15) is 33.6 Å². The van der Waals surface area contributed by atoms with Crippen molar-refractivity contribution in [2.45, 2.75) is 45.3 Å². The highest BCUT2D eigenvalue weighted by Gasteiger charge is 2.23. The number of piperazine rings is 1. The molecule has 0 aromatic carbocycles. The van der Waals surface area contributed by atoms with Gasteiger partial charge in [-0.2, -0.15) is 0 Å². The summed E-state index contributed by atoms with van der Waals surface area (Å²) >= 11 is 0. The van der Waals surface area contributed by atoms with Crippen molar-refractivity contribution in [3.8, 4) is 0 Å². The maximum Gasteiger partial charge on any atom is 0.251 e. The Labute approximate surface area is 109 Å². The summed E-state index contributed by atoms with van der Waals surface area (Å²) in [4.78, 5) is 13.9. The molecule has 1 saturated heterocycles. The maximum atomic E-state index is 12.0. The molecule has 0 aromatic heterocycles. The van der Waals surface area contributed by atoms with Crippen molar-refractivity contribution in [3.05, 3.63) is 0 Å². The molecule has 2 unspecified atom stereocenters. The molecule has 0 spiro atoms. The van der Waals surface area contributed by atoms with Crippen LogP contribution >= 0.6 is 0 Å². The maximum absolute atomic E-state index is 12.0. The predicted molar refractivity (Wildman–Crippen MR) is 70.4 cm³/mol. The SMILES string of the molecule is CCC(C)(O)CCOC(C)C(=O)N1CCNCC1. The Bertz CT molecular complexity index is 263. The van der Waals surface area contributed by atoms with Crippen LogP contribution in [0, 0.1) is 0 Å². The van der Waals surface area contributed by atoms with Gasteiger partial charge in [0, 0.05) is 26.2 Å². The molecular formula is C13H26N2O3. The van der Waals surface area contributed by atoms with E-state index >= 15 is 0 Å². The number of amides is 1. The third kappa shape index (κ3) is 4.92. The average Bonchev–Trinajstić information content (AvgIpc) is 2.38. The molecule has 0 radical (unpaired) electrons. The first-order valence-electron chi connectivity index (χ1n) is 6.80. The number of hydrogen-bond donors (Lipinski definition) is 2. The van der Waals surface area contributed by atoms with E-state index in [0.29, 0.717) is 19.4 Å². The molecule has 0 saturated carbocycles. The van der Waals surface area contributed by atoms with Gasteiger partial charge in [0.25, 0.3) is 5.91 Å². The molecular weight excluding hydrogens is 232 g/mol. The Morgan fingerprint density at radius 1 is 1.50 bits per heavy atom. The fourth-order valence-corrected chi connectivity index (χ4v) is 1.85. The second-order valence-electron chi connectivity index (χ2n) is 5.19. The molecule has 1 aliphatic heterocycles. The lowest BCUT2D eigenvalue weighted by Crippen LogP contribution is -2.49. The highest BCUT2D eigenvalue weighted by atomic mass is 16.5. The van der Waals surface area contributed by atoms with Crippen molar-refractivity contribution in [2.24, 2.45) is 0 Å². The molecule has 106 valence electrons. The number of nitrogens with zero attached hydrogens (tertiary/aromatic N) is 1. The Morgan fingerprint density at radius 3 is 2.67 bits per heavy atom. The van der Waals surface area contributed by atoms with Crippen molar-refractivity contribution < 1.29 is 14.6 Å². The van der Waals surface area contributed by atoms with Crippen LogP contribution in [0.5, 0.6) is 0 Å². The van der Waals surface area contributed by atoms with E-state index in [1.165, 1.54) is 0 Å². The molecule has 18 heavy (non-hydrogen) atoms. The molecule has 2 N–H and O–H groups in total. The van der Waals surface area contributed by atoms with E-state index in [2.05, 4.69) is 5.32 Å². The predicted octanol–water partition coefficient (Wildman–Crippen LogP) is 0.374. The number of rotatable bonds is 6. The zero-order chi connectivity index (χ0) is 13.6. The fraction of sp³-hybridized carbons (Fsp3) is 0.923. The molecule has 2 atom stereocenters. The number of carbonyl (C=O) groups excluding carboxylic acids is 1. The first-order valence-corrected chi connectivity index (χ1v) is 6.80. The Morgan fingerprint density at radius 2 is 2.11 bits per heavy atom. The summed E-state index contributed by atoms with van der Waals surface area (Å²) < 4.78 is 5.52. The molecule has 5 nitrogen and oxygen atoms in total. The van der Waals surface area contributed by atoms with Gasteiger partial charge in [0.1, 0.15) is 6.10 Å². The van der Waals surface area contributed by atoms with Gasteiger partial charge < -0.3 is 20.1 Å². The van der Waals surface area contributed by atoms with E-state index in [9.17, 15) is 9.90 Å². The molecule has 1 rings (SSSR count). The average molecular weight is 258 g/mol. The molecule has 5 heteroatoms. The topological polar surface area (TPSA) is 61.8 Å². The lowest BCUT2D eigenvalue weighted by atomic mass is 10.0. The van der Waals surface area contributed by atoms with Crippen LogP contribution in [0.4, 0.5) is 0 Å². The molecule has 1 amide bonds. The van der Waals surface area contributed by atoms with Crippen LogP contribution in [0.15, 0.2) is 0 Å². The van der Waals surface area contributed by atoms with Gasteiger partial charge in [-0.05, 0) is 26.7 Å². The highest BCUT2D eigenvalue weighted by molar-refractivity contribution is 5.80. The normalized spacial score (nSPS) is 21.4. The second-order valence-corrected chi connectivity index (χ2v) is 5.19. The number of aliphatic hydroxyl groups is 1. The Kier molecular flexibility index (Phi) is 6.05. The van der Waals surface area contributed by atoms with Crippen molar-refractivity contribution in [3.63, 3.8) is 0 Å². The largest absolute Gasteiger partial charge is 0.390 e.